The number of hydrogen-bond donors (Lipinski definition) is 1. The molecule has 0 radical (unpaired) electrons. The average molecular weight is 502 g/mol. The first-order chi connectivity index (χ1) is 15.2. The number of nitrogens with zero attached hydrogens (tertiary/aromatic N) is 4. The lowest BCUT2D eigenvalue weighted by atomic mass is 10.1. The molecule has 1 saturated heterocycles. The van der Waals surface area contributed by atoms with Gasteiger partial charge in [0, 0.05) is 28.9 Å². The van der Waals surface area contributed by atoms with Crippen molar-refractivity contribution in [2.75, 3.05) is 42.4 Å². The summed E-state index contributed by atoms with van der Waals surface area (Å²) in [7, 11) is 0. The maximum Gasteiger partial charge on any atom is 0.245 e. The van der Waals surface area contributed by atoms with Crippen LogP contribution in [0.3, 0.4) is 0 Å². The minimum Gasteiger partial charge on any atom is -0.463 e. The van der Waals surface area contributed by atoms with Crippen molar-refractivity contribution in [1.82, 2.24) is 9.97 Å². The van der Waals surface area contributed by atoms with Gasteiger partial charge in [0.05, 0.1) is 36.1 Å². The van der Waals surface area contributed by atoms with Crippen molar-refractivity contribution < 1.29 is 9.15 Å². The van der Waals surface area contributed by atoms with Gasteiger partial charge in [-0.05, 0) is 30.4 Å². The van der Waals surface area contributed by atoms with Gasteiger partial charge in [-0.15, -0.1) is 0 Å². The van der Waals surface area contributed by atoms with Crippen molar-refractivity contribution in [3.05, 3.63) is 56.0 Å². The first kappa shape index (κ1) is 20.5. The quantitative estimate of drug-likeness (QED) is 0.429. The zero-order valence-corrected chi connectivity index (χ0v) is 19.0. The molecule has 0 spiro atoms. The highest BCUT2D eigenvalue weighted by atomic mass is 79.9. The van der Waals surface area contributed by atoms with E-state index in [9.17, 15) is 4.79 Å². The minimum atomic E-state index is -0.148. The summed E-state index contributed by atoms with van der Waals surface area (Å²) >= 11 is 5.29. The molecule has 3 aromatic rings. The Bertz CT molecular complexity index is 1210. The zero-order chi connectivity index (χ0) is 21.2. The lowest BCUT2D eigenvalue weighted by molar-refractivity contribution is 0.122. The molecule has 0 amide bonds. The van der Waals surface area contributed by atoms with Gasteiger partial charge in [0.2, 0.25) is 11.4 Å². The molecule has 1 N–H and O–H groups in total. The largest absolute Gasteiger partial charge is 0.463 e. The van der Waals surface area contributed by atoms with Crippen LogP contribution in [-0.4, -0.2) is 48.2 Å². The molecule has 31 heavy (non-hydrogen) atoms. The topological polar surface area (TPSA) is 92.9 Å². The number of benzene rings is 1. The van der Waals surface area contributed by atoms with Crippen LogP contribution in [0.5, 0.6) is 0 Å². The van der Waals surface area contributed by atoms with Crippen LogP contribution < -0.4 is 15.8 Å². The fourth-order valence-electron chi connectivity index (χ4n) is 3.67. The lowest BCUT2D eigenvalue weighted by Crippen LogP contribution is -2.38. The number of rotatable bonds is 4. The second-order valence-corrected chi connectivity index (χ2v) is 9.25. The van der Waals surface area contributed by atoms with Gasteiger partial charge in [-0.2, -0.15) is 21.8 Å². The first-order valence-corrected chi connectivity index (χ1v) is 11.9. The number of aryl methyl sites for hydroxylation is 1. The maximum absolute atomic E-state index is 12.7. The molecule has 4 heterocycles. The third-order valence-corrected chi connectivity index (χ3v) is 6.72. The molecule has 0 atom stereocenters. The Morgan fingerprint density at radius 1 is 1.26 bits per heavy atom. The number of hydrazone groups is 1. The van der Waals surface area contributed by atoms with E-state index < -0.39 is 0 Å². The summed E-state index contributed by atoms with van der Waals surface area (Å²) in [5.74, 6) is 3.34. The summed E-state index contributed by atoms with van der Waals surface area (Å²) in [4.78, 5) is 24.4. The number of nitrogens with one attached hydrogen (secondary N) is 1. The Kier molecular flexibility index (Phi) is 5.93. The first-order valence-electron chi connectivity index (χ1n) is 9.99. The van der Waals surface area contributed by atoms with Gasteiger partial charge < -0.3 is 14.1 Å². The number of aromatic nitrogens is 2. The van der Waals surface area contributed by atoms with Crippen LogP contribution in [0, 0.1) is 0 Å². The highest BCUT2D eigenvalue weighted by Crippen LogP contribution is 2.31. The summed E-state index contributed by atoms with van der Waals surface area (Å²) in [5.41, 5.74) is 5.89. The van der Waals surface area contributed by atoms with Gasteiger partial charge in [-0.25, -0.2) is 10.4 Å². The molecule has 10 heteroatoms. The highest BCUT2D eigenvalue weighted by molar-refractivity contribution is 9.10. The molecular formula is C21H20BrN5O3S. The molecule has 0 saturated carbocycles. The Balaban J connectivity index is 1.42. The van der Waals surface area contributed by atoms with E-state index in [-0.39, 0.29) is 5.43 Å². The third-order valence-electron chi connectivity index (χ3n) is 5.24. The highest BCUT2D eigenvalue weighted by Gasteiger charge is 2.23. The number of halogens is 1. The van der Waals surface area contributed by atoms with Gasteiger partial charge in [-0.3, -0.25) is 4.79 Å². The predicted octanol–water partition coefficient (Wildman–Crippen LogP) is 3.42. The normalized spacial score (nSPS) is 16.6. The lowest BCUT2D eigenvalue weighted by Gasteiger charge is -2.31. The zero-order valence-electron chi connectivity index (χ0n) is 16.6. The number of morpholine rings is 1. The third kappa shape index (κ3) is 4.32. The van der Waals surface area contributed by atoms with E-state index in [1.807, 2.05) is 17.8 Å². The summed E-state index contributed by atoms with van der Waals surface area (Å²) in [6.07, 6.45) is 3.76. The van der Waals surface area contributed by atoms with Crippen LogP contribution in [0.1, 0.15) is 16.8 Å². The Labute approximate surface area is 191 Å². The SMILES string of the molecule is O=c1c(/C=N/Nc2nc3c(c(N4CCOCC4)n2)CSCC3)coc2ccc(Br)cc12. The van der Waals surface area contributed by atoms with Crippen molar-refractivity contribution >= 4 is 56.6 Å². The standard InChI is InChI=1S/C21H20BrN5O3S/c22-14-1-2-18-15(9-14)19(28)13(11-30-18)10-23-26-21-24-17-3-8-31-12-16(17)20(25-21)27-4-6-29-7-5-27/h1-2,9-11H,3-8,12H2,(H,24,25,26)/b23-10+. The van der Waals surface area contributed by atoms with E-state index >= 15 is 0 Å². The van der Waals surface area contributed by atoms with E-state index in [4.69, 9.17) is 14.1 Å². The molecular weight excluding hydrogens is 482 g/mol. The molecule has 0 bridgehead atoms. The maximum atomic E-state index is 12.7. The minimum absolute atomic E-state index is 0.148. The molecule has 2 aromatic heterocycles. The summed E-state index contributed by atoms with van der Waals surface area (Å²) in [5, 5.41) is 4.71. The van der Waals surface area contributed by atoms with E-state index in [0.29, 0.717) is 35.7 Å². The van der Waals surface area contributed by atoms with E-state index in [0.717, 1.165) is 47.0 Å². The van der Waals surface area contributed by atoms with Crippen molar-refractivity contribution in [1.29, 1.82) is 0 Å². The van der Waals surface area contributed by atoms with Gasteiger partial charge in [0.15, 0.2) is 0 Å². The second-order valence-electron chi connectivity index (χ2n) is 7.23. The van der Waals surface area contributed by atoms with Gasteiger partial charge in [0.1, 0.15) is 17.7 Å². The van der Waals surface area contributed by atoms with Crippen LogP contribution in [0.15, 0.2) is 43.2 Å². The Morgan fingerprint density at radius 3 is 3.00 bits per heavy atom. The molecule has 5 rings (SSSR count). The van der Waals surface area contributed by atoms with Crippen LogP contribution in [0.2, 0.25) is 0 Å². The molecule has 2 aliphatic rings. The molecule has 160 valence electrons. The molecule has 0 aliphatic carbocycles. The van der Waals surface area contributed by atoms with Gasteiger partial charge in [-0.1, -0.05) is 15.9 Å². The smallest absolute Gasteiger partial charge is 0.245 e. The monoisotopic (exact) mass is 501 g/mol. The number of anilines is 2. The number of fused-ring (bicyclic) bond motifs is 2. The molecule has 8 nitrogen and oxygen atoms in total. The fraction of sp³-hybridized carbons (Fsp3) is 0.333. The second kappa shape index (κ2) is 8.97. The van der Waals surface area contributed by atoms with Crippen molar-refractivity contribution in [2.45, 2.75) is 12.2 Å². The summed E-state index contributed by atoms with van der Waals surface area (Å²) in [6.45, 7) is 3.01. The Hall–Kier alpha value is -2.43. The molecule has 1 aromatic carbocycles. The van der Waals surface area contributed by atoms with Gasteiger partial charge in [0.25, 0.3) is 0 Å². The van der Waals surface area contributed by atoms with Crippen LogP contribution in [0.25, 0.3) is 11.0 Å². The van der Waals surface area contributed by atoms with Crippen LogP contribution in [0.4, 0.5) is 11.8 Å². The molecule has 0 unspecified atom stereocenters. The number of ether oxygens (including phenoxy) is 1. The average Bonchev–Trinajstić information content (AvgIpc) is 2.81. The number of hydrogen-bond acceptors (Lipinski definition) is 9. The molecule has 2 aliphatic heterocycles. The van der Waals surface area contributed by atoms with E-state index in [1.54, 1.807) is 12.1 Å². The van der Waals surface area contributed by atoms with Gasteiger partial charge >= 0.3 is 0 Å². The fourth-order valence-corrected chi connectivity index (χ4v) is 5.01. The molecule has 1 fully saturated rings. The van der Waals surface area contributed by atoms with E-state index in [2.05, 4.69) is 36.3 Å². The van der Waals surface area contributed by atoms with Crippen molar-refractivity contribution in [3.8, 4) is 0 Å². The predicted molar refractivity (Wildman–Crippen MR) is 126 cm³/mol. The van der Waals surface area contributed by atoms with Crippen molar-refractivity contribution in [2.24, 2.45) is 5.10 Å². The summed E-state index contributed by atoms with van der Waals surface area (Å²) < 4.78 is 11.9. The van der Waals surface area contributed by atoms with E-state index in [1.165, 1.54) is 18.0 Å². The van der Waals surface area contributed by atoms with Crippen LogP contribution >= 0.6 is 27.7 Å². The Morgan fingerprint density at radius 2 is 2.13 bits per heavy atom. The van der Waals surface area contributed by atoms with Crippen molar-refractivity contribution in [3.63, 3.8) is 0 Å². The summed E-state index contributed by atoms with van der Waals surface area (Å²) in [6, 6.07) is 5.33. The number of thioether (sulfide) groups is 1. The van der Waals surface area contributed by atoms with Crippen LogP contribution in [-0.2, 0) is 16.9 Å².